The van der Waals surface area contributed by atoms with E-state index in [1.807, 2.05) is 6.07 Å². The highest BCUT2D eigenvalue weighted by atomic mass is 79.9. The summed E-state index contributed by atoms with van der Waals surface area (Å²) in [6.45, 7) is 1.00. The Morgan fingerprint density at radius 2 is 2.05 bits per heavy atom. The molecule has 0 aliphatic rings. The average molecular weight is 355 g/mol. The maximum atomic E-state index is 12.3. The Morgan fingerprint density at radius 3 is 2.60 bits per heavy atom. The summed E-state index contributed by atoms with van der Waals surface area (Å²) in [5.41, 5.74) is 1.51. The number of hydrogen-bond acceptors (Lipinski definition) is 3. The minimum absolute atomic E-state index is 0.523. The molecule has 20 heavy (non-hydrogen) atoms. The molecule has 1 aromatic carbocycles. The highest BCUT2D eigenvalue weighted by Gasteiger charge is 2.29. The van der Waals surface area contributed by atoms with Crippen LogP contribution in [0, 0.1) is 0 Å². The van der Waals surface area contributed by atoms with Gasteiger partial charge in [-0.1, -0.05) is 22.0 Å². The van der Waals surface area contributed by atoms with E-state index < -0.39 is 12.7 Å². The number of benzene rings is 1. The maximum Gasteiger partial charge on any atom is 0.405 e. The lowest BCUT2D eigenvalue weighted by Gasteiger charge is -2.21. The van der Waals surface area contributed by atoms with E-state index >= 15 is 0 Å². The monoisotopic (exact) mass is 354 g/mol. The molecule has 1 rings (SSSR count). The first kappa shape index (κ1) is 17.3. The maximum absolute atomic E-state index is 12.3. The van der Waals surface area contributed by atoms with Gasteiger partial charge in [-0.05, 0) is 17.7 Å². The molecule has 0 saturated carbocycles. The summed E-state index contributed by atoms with van der Waals surface area (Å²) in [6, 6.07) is 5.19. The molecule has 0 heterocycles. The highest BCUT2D eigenvalue weighted by Crippen LogP contribution is 2.26. The number of anilines is 1. The molecule has 0 spiro atoms. The van der Waals surface area contributed by atoms with Gasteiger partial charge in [0.1, 0.15) is 6.54 Å². The molecule has 0 unspecified atom stereocenters. The Bertz CT molecular complexity index is 427. The minimum atomic E-state index is -4.21. The van der Waals surface area contributed by atoms with Crippen molar-refractivity contribution in [1.82, 2.24) is 5.32 Å². The van der Waals surface area contributed by atoms with Crippen LogP contribution in [0.5, 0.6) is 0 Å². The zero-order valence-electron chi connectivity index (χ0n) is 11.4. The van der Waals surface area contributed by atoms with Crippen molar-refractivity contribution in [2.45, 2.75) is 12.7 Å². The van der Waals surface area contributed by atoms with Crippen molar-refractivity contribution in [2.75, 3.05) is 38.8 Å². The fourth-order valence-corrected chi connectivity index (χ4v) is 2.18. The van der Waals surface area contributed by atoms with Crippen molar-refractivity contribution in [2.24, 2.45) is 0 Å². The summed E-state index contributed by atoms with van der Waals surface area (Å²) in [6.07, 6.45) is -4.21. The second kappa shape index (κ2) is 7.85. The minimum Gasteiger partial charge on any atom is -0.383 e. The molecular weight excluding hydrogens is 337 g/mol. The van der Waals surface area contributed by atoms with Crippen LogP contribution < -0.4 is 10.2 Å². The van der Waals surface area contributed by atoms with Crippen LogP contribution >= 0.6 is 15.9 Å². The number of methoxy groups -OCH3 is 1. The SMILES string of the molecule is COCCNCc1ccc(N(C)CC(F)(F)F)cc1Br. The van der Waals surface area contributed by atoms with E-state index in [9.17, 15) is 13.2 Å². The number of hydrogen-bond donors (Lipinski definition) is 1. The molecule has 0 atom stereocenters. The van der Waals surface area contributed by atoms with Crippen molar-refractivity contribution in [3.63, 3.8) is 0 Å². The number of ether oxygens (including phenoxy) is 1. The third kappa shape index (κ3) is 6.11. The Labute approximate surface area is 125 Å². The number of alkyl halides is 3. The molecule has 1 aromatic rings. The number of nitrogens with zero attached hydrogens (tertiary/aromatic N) is 1. The first-order valence-electron chi connectivity index (χ1n) is 6.09. The molecule has 0 aliphatic heterocycles. The summed E-state index contributed by atoms with van der Waals surface area (Å²) < 4.78 is 42.7. The van der Waals surface area contributed by atoms with Crippen molar-refractivity contribution < 1.29 is 17.9 Å². The molecule has 0 amide bonds. The molecule has 0 radical (unpaired) electrons. The average Bonchev–Trinajstić information content (AvgIpc) is 2.34. The van der Waals surface area contributed by atoms with Crippen LogP contribution in [-0.4, -0.2) is 40.0 Å². The van der Waals surface area contributed by atoms with Crippen LogP contribution in [0.2, 0.25) is 0 Å². The number of halogens is 4. The van der Waals surface area contributed by atoms with Gasteiger partial charge in [-0.15, -0.1) is 0 Å². The first-order chi connectivity index (χ1) is 9.33. The normalized spacial score (nSPS) is 11.7. The van der Waals surface area contributed by atoms with Gasteiger partial charge in [-0.3, -0.25) is 0 Å². The quantitative estimate of drug-likeness (QED) is 0.761. The molecular formula is C13H18BrF3N2O. The van der Waals surface area contributed by atoms with E-state index in [-0.39, 0.29) is 0 Å². The van der Waals surface area contributed by atoms with Gasteiger partial charge in [-0.2, -0.15) is 13.2 Å². The van der Waals surface area contributed by atoms with Gasteiger partial charge >= 0.3 is 6.18 Å². The number of nitrogens with one attached hydrogen (secondary N) is 1. The zero-order valence-corrected chi connectivity index (χ0v) is 13.0. The van der Waals surface area contributed by atoms with Crippen molar-refractivity contribution >= 4 is 21.6 Å². The molecule has 0 aliphatic carbocycles. The Morgan fingerprint density at radius 1 is 1.35 bits per heavy atom. The predicted octanol–water partition coefficient (Wildman–Crippen LogP) is 3.18. The lowest BCUT2D eigenvalue weighted by atomic mass is 10.2. The smallest absolute Gasteiger partial charge is 0.383 e. The summed E-state index contributed by atoms with van der Waals surface area (Å²) in [4.78, 5) is 1.17. The van der Waals surface area contributed by atoms with Gasteiger partial charge in [-0.25, -0.2) is 0 Å². The fourth-order valence-electron chi connectivity index (χ4n) is 1.67. The van der Waals surface area contributed by atoms with Crippen LogP contribution in [0.4, 0.5) is 18.9 Å². The molecule has 1 N–H and O–H groups in total. The lowest BCUT2D eigenvalue weighted by molar-refractivity contribution is -0.119. The Hall–Kier alpha value is -0.790. The molecule has 0 bridgehead atoms. The van der Waals surface area contributed by atoms with Crippen LogP contribution in [0.1, 0.15) is 5.56 Å². The van der Waals surface area contributed by atoms with Crippen LogP contribution in [0.25, 0.3) is 0 Å². The summed E-state index contributed by atoms with van der Waals surface area (Å²) in [5.74, 6) is 0. The van der Waals surface area contributed by atoms with Gasteiger partial charge in [0.05, 0.1) is 6.61 Å². The van der Waals surface area contributed by atoms with Crippen LogP contribution in [0.15, 0.2) is 22.7 Å². The van der Waals surface area contributed by atoms with Gasteiger partial charge in [0, 0.05) is 37.4 Å². The third-order valence-corrected chi connectivity index (χ3v) is 3.43. The first-order valence-corrected chi connectivity index (χ1v) is 6.89. The van der Waals surface area contributed by atoms with Gasteiger partial charge in [0.25, 0.3) is 0 Å². The molecule has 0 saturated heterocycles. The molecule has 0 aromatic heterocycles. The van der Waals surface area contributed by atoms with Gasteiger partial charge in [0.2, 0.25) is 0 Å². The fraction of sp³-hybridized carbons (Fsp3) is 0.538. The van der Waals surface area contributed by atoms with Gasteiger partial charge in [0.15, 0.2) is 0 Å². The van der Waals surface area contributed by atoms with Crippen LogP contribution in [0.3, 0.4) is 0 Å². The Kier molecular flexibility index (Phi) is 6.78. The van der Waals surface area contributed by atoms with Crippen molar-refractivity contribution in [3.05, 3.63) is 28.2 Å². The lowest BCUT2D eigenvalue weighted by Crippen LogP contribution is -2.30. The molecule has 114 valence electrons. The molecule has 0 fully saturated rings. The summed E-state index contributed by atoms with van der Waals surface area (Å²) >= 11 is 3.39. The zero-order chi connectivity index (χ0) is 15.2. The predicted molar refractivity (Wildman–Crippen MR) is 77.0 cm³/mol. The van der Waals surface area contributed by atoms with E-state index in [4.69, 9.17) is 4.74 Å². The van der Waals surface area contributed by atoms with Crippen molar-refractivity contribution in [3.8, 4) is 0 Å². The van der Waals surface area contributed by atoms with Crippen molar-refractivity contribution in [1.29, 1.82) is 0 Å². The summed E-state index contributed by atoms with van der Waals surface area (Å²) in [5, 5.41) is 3.18. The second-order valence-electron chi connectivity index (χ2n) is 4.42. The largest absolute Gasteiger partial charge is 0.405 e. The van der Waals surface area contributed by atoms with E-state index in [2.05, 4.69) is 21.2 Å². The molecule has 3 nitrogen and oxygen atoms in total. The van der Waals surface area contributed by atoms with Crippen LogP contribution in [-0.2, 0) is 11.3 Å². The topological polar surface area (TPSA) is 24.5 Å². The van der Waals surface area contributed by atoms with E-state index in [1.54, 1.807) is 19.2 Å². The van der Waals surface area contributed by atoms with E-state index in [1.165, 1.54) is 11.9 Å². The van der Waals surface area contributed by atoms with Gasteiger partial charge < -0.3 is 15.0 Å². The number of rotatable bonds is 7. The van der Waals surface area contributed by atoms with E-state index in [0.29, 0.717) is 18.8 Å². The second-order valence-corrected chi connectivity index (χ2v) is 5.27. The van der Waals surface area contributed by atoms with E-state index in [0.717, 1.165) is 16.6 Å². The highest BCUT2D eigenvalue weighted by molar-refractivity contribution is 9.10. The third-order valence-electron chi connectivity index (χ3n) is 2.69. The Balaban J connectivity index is 2.63. The molecule has 7 heteroatoms. The standard InChI is InChI=1S/C13H18BrF3N2O/c1-19(9-13(15,16)17)11-4-3-10(12(14)7-11)8-18-5-6-20-2/h3-4,7,18H,5-6,8-9H2,1-2H3. The summed E-state index contributed by atoms with van der Waals surface area (Å²) in [7, 11) is 3.05.